The van der Waals surface area contributed by atoms with Crippen LogP contribution in [-0.2, 0) is 14.3 Å². The van der Waals surface area contributed by atoms with E-state index < -0.39 is 5.60 Å². The van der Waals surface area contributed by atoms with E-state index in [9.17, 15) is 14.7 Å². The van der Waals surface area contributed by atoms with Gasteiger partial charge in [0.15, 0.2) is 0 Å². The number of ether oxygens (including phenoxy) is 1. The number of hydrogen-bond donors (Lipinski definition) is 1. The van der Waals surface area contributed by atoms with Crippen molar-refractivity contribution in [3.05, 3.63) is 0 Å². The van der Waals surface area contributed by atoms with Crippen molar-refractivity contribution in [2.75, 3.05) is 32.8 Å². The van der Waals surface area contributed by atoms with Gasteiger partial charge in [-0.2, -0.15) is 0 Å². The maximum atomic E-state index is 12.7. The van der Waals surface area contributed by atoms with Crippen molar-refractivity contribution >= 4 is 11.8 Å². The molecule has 2 saturated heterocycles. The van der Waals surface area contributed by atoms with Crippen LogP contribution >= 0.6 is 0 Å². The summed E-state index contributed by atoms with van der Waals surface area (Å²) in [6.45, 7) is 3.88. The Morgan fingerprint density at radius 3 is 2.87 bits per heavy atom. The molecule has 2 heterocycles. The number of carbonyl (C=O) groups excluding carboxylic acids is 2. The van der Waals surface area contributed by atoms with Crippen LogP contribution in [0.1, 0.15) is 45.4 Å². The zero-order valence-corrected chi connectivity index (χ0v) is 14.0. The van der Waals surface area contributed by atoms with Crippen LogP contribution in [0.15, 0.2) is 0 Å². The summed E-state index contributed by atoms with van der Waals surface area (Å²) in [5.41, 5.74) is -0.680. The number of carbonyl (C=O) groups is 2. The van der Waals surface area contributed by atoms with E-state index in [2.05, 4.69) is 0 Å². The summed E-state index contributed by atoms with van der Waals surface area (Å²) in [5.74, 6) is 0.0669. The molecular formula is C17H28N2O4. The first kappa shape index (κ1) is 16.7. The minimum Gasteiger partial charge on any atom is -0.390 e. The number of morpholine rings is 1. The van der Waals surface area contributed by atoms with E-state index in [1.807, 2.05) is 11.8 Å². The molecule has 0 bridgehead atoms. The smallest absolute Gasteiger partial charge is 0.249 e. The van der Waals surface area contributed by atoms with Gasteiger partial charge in [0, 0.05) is 25.0 Å². The fourth-order valence-corrected chi connectivity index (χ4v) is 4.44. The first-order valence-electron chi connectivity index (χ1n) is 8.86. The second-order valence-corrected chi connectivity index (χ2v) is 7.37. The van der Waals surface area contributed by atoms with Gasteiger partial charge >= 0.3 is 0 Å². The highest BCUT2D eigenvalue weighted by atomic mass is 16.5. The molecule has 0 aromatic rings. The minimum absolute atomic E-state index is 0.0177. The Labute approximate surface area is 137 Å². The fourth-order valence-electron chi connectivity index (χ4n) is 4.44. The second-order valence-electron chi connectivity index (χ2n) is 7.37. The first-order chi connectivity index (χ1) is 11.0. The molecule has 3 fully saturated rings. The van der Waals surface area contributed by atoms with Crippen LogP contribution < -0.4 is 0 Å². The van der Waals surface area contributed by atoms with Crippen molar-refractivity contribution in [1.29, 1.82) is 0 Å². The lowest BCUT2D eigenvalue weighted by Gasteiger charge is -2.43. The highest BCUT2D eigenvalue weighted by Gasteiger charge is 2.44. The largest absolute Gasteiger partial charge is 0.390 e. The molecule has 130 valence electrons. The Kier molecular flexibility index (Phi) is 4.92. The van der Waals surface area contributed by atoms with E-state index in [0.29, 0.717) is 13.2 Å². The number of hydrogen-bond acceptors (Lipinski definition) is 4. The average Bonchev–Trinajstić information content (AvgIpc) is 2.98. The number of likely N-dealkylation sites (tertiary alicyclic amines) is 1. The monoisotopic (exact) mass is 324 g/mol. The molecule has 3 rings (SSSR count). The van der Waals surface area contributed by atoms with E-state index in [-0.39, 0.29) is 36.9 Å². The maximum Gasteiger partial charge on any atom is 0.249 e. The standard InChI is InChI=1S/C17H28N2O4/c1-17(22)7-3-2-5-13(17)14-6-4-8-19(14)15(20)11-18-9-10-23-12-16(18)21/h13-14,22H,2-12H2,1H3/t13-,14+,17-/m0/s1. The zero-order valence-electron chi connectivity index (χ0n) is 14.0. The molecule has 3 atom stereocenters. The third kappa shape index (κ3) is 3.53. The highest BCUT2D eigenvalue weighted by Crippen LogP contribution is 2.40. The van der Waals surface area contributed by atoms with Crippen molar-refractivity contribution in [3.8, 4) is 0 Å². The molecule has 1 saturated carbocycles. The van der Waals surface area contributed by atoms with Crippen molar-refractivity contribution in [2.24, 2.45) is 5.92 Å². The fraction of sp³-hybridized carbons (Fsp3) is 0.882. The predicted molar refractivity (Wildman–Crippen MR) is 84.7 cm³/mol. The predicted octanol–water partition coefficient (Wildman–Crippen LogP) is 0.777. The number of amides is 2. The molecule has 2 aliphatic heterocycles. The van der Waals surface area contributed by atoms with Crippen LogP contribution in [0.3, 0.4) is 0 Å². The Hall–Kier alpha value is -1.14. The SMILES string of the molecule is C[C@]1(O)CCCC[C@H]1[C@H]1CCCN1C(=O)CN1CCOCC1=O. The van der Waals surface area contributed by atoms with Gasteiger partial charge < -0.3 is 19.6 Å². The summed E-state index contributed by atoms with van der Waals surface area (Å²) in [6, 6.07) is 0.119. The molecule has 0 unspecified atom stereocenters. The molecular weight excluding hydrogens is 296 g/mol. The number of rotatable bonds is 3. The topological polar surface area (TPSA) is 70.1 Å². The summed E-state index contributed by atoms with van der Waals surface area (Å²) >= 11 is 0. The van der Waals surface area contributed by atoms with Crippen LogP contribution in [0.25, 0.3) is 0 Å². The van der Waals surface area contributed by atoms with E-state index in [1.165, 1.54) is 0 Å². The molecule has 0 aromatic heterocycles. The van der Waals surface area contributed by atoms with Crippen LogP contribution in [-0.4, -0.2) is 71.2 Å². The van der Waals surface area contributed by atoms with Crippen molar-refractivity contribution in [3.63, 3.8) is 0 Å². The Morgan fingerprint density at radius 2 is 2.13 bits per heavy atom. The Balaban J connectivity index is 1.66. The van der Waals surface area contributed by atoms with Gasteiger partial charge in [-0.3, -0.25) is 9.59 Å². The van der Waals surface area contributed by atoms with Gasteiger partial charge in [-0.1, -0.05) is 12.8 Å². The van der Waals surface area contributed by atoms with E-state index >= 15 is 0 Å². The summed E-state index contributed by atoms with van der Waals surface area (Å²) in [6.07, 6.45) is 5.94. The lowest BCUT2D eigenvalue weighted by atomic mass is 9.72. The minimum atomic E-state index is -0.680. The highest BCUT2D eigenvalue weighted by molar-refractivity contribution is 5.86. The second kappa shape index (κ2) is 6.77. The molecule has 23 heavy (non-hydrogen) atoms. The van der Waals surface area contributed by atoms with Crippen molar-refractivity contribution in [1.82, 2.24) is 9.80 Å². The zero-order chi connectivity index (χ0) is 16.4. The van der Waals surface area contributed by atoms with Crippen molar-refractivity contribution < 1.29 is 19.4 Å². The van der Waals surface area contributed by atoms with Crippen LogP contribution in [0, 0.1) is 5.92 Å². The summed E-state index contributed by atoms with van der Waals surface area (Å²) in [4.78, 5) is 28.1. The lowest BCUT2D eigenvalue weighted by Crippen LogP contribution is -2.53. The number of aliphatic hydroxyl groups is 1. The average molecular weight is 324 g/mol. The third-order valence-electron chi connectivity index (χ3n) is 5.74. The van der Waals surface area contributed by atoms with Crippen LogP contribution in [0.4, 0.5) is 0 Å². The summed E-state index contributed by atoms with van der Waals surface area (Å²) in [5, 5.41) is 10.7. The van der Waals surface area contributed by atoms with Gasteiger partial charge in [0.2, 0.25) is 11.8 Å². The Morgan fingerprint density at radius 1 is 1.30 bits per heavy atom. The molecule has 0 radical (unpaired) electrons. The van der Waals surface area contributed by atoms with Crippen molar-refractivity contribution in [2.45, 2.75) is 57.1 Å². The summed E-state index contributed by atoms with van der Waals surface area (Å²) in [7, 11) is 0. The van der Waals surface area contributed by atoms with Gasteiger partial charge in [-0.05, 0) is 32.6 Å². The normalized spacial score (nSPS) is 35.7. The molecule has 6 heteroatoms. The molecule has 6 nitrogen and oxygen atoms in total. The van der Waals surface area contributed by atoms with Gasteiger partial charge in [0.05, 0.1) is 18.8 Å². The van der Waals surface area contributed by atoms with Crippen LogP contribution in [0.2, 0.25) is 0 Å². The van der Waals surface area contributed by atoms with Crippen LogP contribution in [0.5, 0.6) is 0 Å². The molecule has 3 aliphatic rings. The molecule has 0 aromatic carbocycles. The van der Waals surface area contributed by atoms with E-state index in [4.69, 9.17) is 4.74 Å². The lowest BCUT2D eigenvalue weighted by molar-refractivity contribution is -0.150. The Bertz CT molecular complexity index is 466. The quantitative estimate of drug-likeness (QED) is 0.833. The van der Waals surface area contributed by atoms with Gasteiger partial charge in [0.25, 0.3) is 0 Å². The van der Waals surface area contributed by atoms with Gasteiger partial charge in [-0.15, -0.1) is 0 Å². The third-order valence-corrected chi connectivity index (χ3v) is 5.74. The maximum absolute atomic E-state index is 12.7. The molecule has 1 aliphatic carbocycles. The number of nitrogens with zero attached hydrogens (tertiary/aromatic N) is 2. The summed E-state index contributed by atoms with van der Waals surface area (Å²) < 4.78 is 5.11. The first-order valence-corrected chi connectivity index (χ1v) is 8.86. The molecule has 0 spiro atoms. The molecule has 1 N–H and O–H groups in total. The van der Waals surface area contributed by atoms with Gasteiger partial charge in [-0.25, -0.2) is 0 Å². The van der Waals surface area contributed by atoms with E-state index in [0.717, 1.165) is 45.1 Å². The van der Waals surface area contributed by atoms with Gasteiger partial charge in [0.1, 0.15) is 6.61 Å². The molecule has 2 amide bonds. The van der Waals surface area contributed by atoms with E-state index in [1.54, 1.807) is 4.90 Å².